The van der Waals surface area contributed by atoms with Gasteiger partial charge >= 0.3 is 0 Å². The van der Waals surface area contributed by atoms with E-state index in [1.54, 1.807) is 27.5 Å². The molecule has 5 nitrogen and oxygen atoms in total. The average molecular weight is 274 g/mol. The molecule has 0 saturated heterocycles. The third kappa shape index (κ3) is 3.12. The number of pyridine rings is 1. The zero-order valence-electron chi connectivity index (χ0n) is 11.8. The zero-order chi connectivity index (χ0) is 14.4. The summed E-state index contributed by atoms with van der Waals surface area (Å²) in [5.74, 6) is 1.84. The number of nitrogens with one attached hydrogen (secondary N) is 1. The van der Waals surface area contributed by atoms with Gasteiger partial charge in [0.2, 0.25) is 5.75 Å². The molecule has 0 unspecified atom stereocenters. The summed E-state index contributed by atoms with van der Waals surface area (Å²) in [5.41, 5.74) is 1.99. The molecule has 5 heteroatoms. The van der Waals surface area contributed by atoms with Crippen molar-refractivity contribution in [3.05, 3.63) is 42.2 Å². The Morgan fingerprint density at radius 2 is 1.75 bits per heavy atom. The maximum absolute atomic E-state index is 5.31. The number of hydrogen-bond donors (Lipinski definition) is 1. The molecule has 0 amide bonds. The van der Waals surface area contributed by atoms with Crippen LogP contribution < -0.4 is 19.5 Å². The molecule has 106 valence electrons. The van der Waals surface area contributed by atoms with Crippen molar-refractivity contribution < 1.29 is 14.2 Å². The van der Waals surface area contributed by atoms with Gasteiger partial charge in [-0.05, 0) is 11.6 Å². The molecule has 0 aliphatic carbocycles. The third-order valence-corrected chi connectivity index (χ3v) is 2.88. The minimum Gasteiger partial charge on any atom is -0.493 e. The van der Waals surface area contributed by atoms with Crippen molar-refractivity contribution in [2.24, 2.45) is 0 Å². The van der Waals surface area contributed by atoms with Crippen molar-refractivity contribution in [1.29, 1.82) is 0 Å². The molecule has 0 spiro atoms. The van der Waals surface area contributed by atoms with E-state index in [0.29, 0.717) is 23.8 Å². The van der Waals surface area contributed by atoms with Crippen molar-refractivity contribution >= 4 is 5.69 Å². The van der Waals surface area contributed by atoms with E-state index in [9.17, 15) is 0 Å². The highest BCUT2D eigenvalue weighted by Gasteiger charge is 2.12. The molecule has 20 heavy (non-hydrogen) atoms. The third-order valence-electron chi connectivity index (χ3n) is 2.88. The van der Waals surface area contributed by atoms with Gasteiger partial charge in [-0.25, -0.2) is 0 Å². The highest BCUT2D eigenvalue weighted by molar-refractivity contribution is 5.62. The molecule has 0 aliphatic heterocycles. The van der Waals surface area contributed by atoms with Crippen LogP contribution in [-0.2, 0) is 6.54 Å². The highest BCUT2D eigenvalue weighted by Crippen LogP contribution is 2.39. The predicted molar refractivity (Wildman–Crippen MR) is 77.7 cm³/mol. The highest BCUT2D eigenvalue weighted by atomic mass is 16.5. The number of benzene rings is 1. The summed E-state index contributed by atoms with van der Waals surface area (Å²) in [5, 5.41) is 3.31. The second-order valence-electron chi connectivity index (χ2n) is 4.13. The molecule has 0 fully saturated rings. The Bertz CT molecular complexity index is 533. The topological polar surface area (TPSA) is 52.6 Å². The number of methoxy groups -OCH3 is 3. The van der Waals surface area contributed by atoms with Gasteiger partial charge in [0.1, 0.15) is 0 Å². The van der Waals surface area contributed by atoms with Crippen molar-refractivity contribution in [2.75, 3.05) is 26.6 Å². The monoisotopic (exact) mass is 274 g/mol. The fraction of sp³-hybridized carbons (Fsp3) is 0.267. The van der Waals surface area contributed by atoms with Crippen LogP contribution in [0.1, 0.15) is 5.56 Å². The fourth-order valence-corrected chi connectivity index (χ4v) is 1.89. The molecular formula is C15H18N2O3. The molecule has 2 aromatic rings. The maximum atomic E-state index is 5.31. The summed E-state index contributed by atoms with van der Waals surface area (Å²) >= 11 is 0. The van der Waals surface area contributed by atoms with E-state index in [1.807, 2.05) is 30.5 Å². The minimum absolute atomic E-state index is 0.585. The Morgan fingerprint density at radius 3 is 2.25 bits per heavy atom. The molecule has 1 aromatic carbocycles. The molecule has 0 radical (unpaired) electrons. The molecule has 0 atom stereocenters. The summed E-state index contributed by atoms with van der Waals surface area (Å²) in [6, 6.07) is 7.67. The summed E-state index contributed by atoms with van der Waals surface area (Å²) in [7, 11) is 4.79. The van der Waals surface area contributed by atoms with E-state index in [0.717, 1.165) is 11.3 Å². The lowest BCUT2D eigenvalue weighted by Crippen LogP contribution is -2.02. The van der Waals surface area contributed by atoms with Crippen LogP contribution in [-0.4, -0.2) is 26.3 Å². The standard InChI is InChI=1S/C15H18N2O3/c1-18-13-7-12(8-14(19-2)15(13)20-3)17-10-11-5-4-6-16-9-11/h4-9,17H,10H2,1-3H3. The van der Waals surface area contributed by atoms with Crippen LogP contribution in [0, 0.1) is 0 Å². The van der Waals surface area contributed by atoms with Gasteiger partial charge in [0.25, 0.3) is 0 Å². The summed E-state index contributed by atoms with van der Waals surface area (Å²) < 4.78 is 15.9. The summed E-state index contributed by atoms with van der Waals surface area (Å²) in [6.45, 7) is 0.673. The Kier molecular flexibility index (Phi) is 4.65. The van der Waals surface area contributed by atoms with E-state index in [1.165, 1.54) is 0 Å². The molecule has 1 aromatic heterocycles. The van der Waals surface area contributed by atoms with Crippen molar-refractivity contribution in [3.63, 3.8) is 0 Å². The van der Waals surface area contributed by atoms with Crippen LogP contribution >= 0.6 is 0 Å². The molecule has 0 bridgehead atoms. The smallest absolute Gasteiger partial charge is 0.203 e. The van der Waals surface area contributed by atoms with Crippen LogP contribution in [0.3, 0.4) is 0 Å². The van der Waals surface area contributed by atoms with Gasteiger partial charge in [-0.15, -0.1) is 0 Å². The first kappa shape index (κ1) is 14.0. The van der Waals surface area contributed by atoms with E-state index < -0.39 is 0 Å². The predicted octanol–water partition coefficient (Wildman–Crippen LogP) is 2.72. The number of hydrogen-bond acceptors (Lipinski definition) is 5. The maximum Gasteiger partial charge on any atom is 0.203 e. The van der Waals surface area contributed by atoms with Gasteiger partial charge in [0, 0.05) is 36.8 Å². The lowest BCUT2D eigenvalue weighted by atomic mass is 10.2. The quantitative estimate of drug-likeness (QED) is 0.877. The Hall–Kier alpha value is -2.43. The lowest BCUT2D eigenvalue weighted by molar-refractivity contribution is 0.324. The number of ether oxygens (including phenoxy) is 3. The van der Waals surface area contributed by atoms with E-state index in [-0.39, 0.29) is 0 Å². The van der Waals surface area contributed by atoms with E-state index in [4.69, 9.17) is 14.2 Å². The molecule has 0 aliphatic rings. The SMILES string of the molecule is COc1cc(NCc2cccnc2)cc(OC)c1OC. The number of nitrogens with zero attached hydrogens (tertiary/aromatic N) is 1. The first-order chi connectivity index (χ1) is 9.78. The summed E-state index contributed by atoms with van der Waals surface area (Å²) in [6.07, 6.45) is 3.58. The van der Waals surface area contributed by atoms with Crippen LogP contribution in [0.2, 0.25) is 0 Å². The van der Waals surface area contributed by atoms with Crippen molar-refractivity contribution in [2.45, 2.75) is 6.54 Å². The Balaban J connectivity index is 2.19. The van der Waals surface area contributed by atoms with Crippen molar-refractivity contribution in [1.82, 2.24) is 4.98 Å². The first-order valence-electron chi connectivity index (χ1n) is 6.21. The van der Waals surface area contributed by atoms with E-state index in [2.05, 4.69) is 10.3 Å². The van der Waals surface area contributed by atoms with Gasteiger partial charge in [-0.3, -0.25) is 4.98 Å². The fourth-order valence-electron chi connectivity index (χ4n) is 1.89. The normalized spacial score (nSPS) is 9.95. The molecule has 0 saturated carbocycles. The number of rotatable bonds is 6. The molecule has 1 N–H and O–H groups in total. The van der Waals surface area contributed by atoms with Gasteiger partial charge < -0.3 is 19.5 Å². The molecule has 2 rings (SSSR count). The van der Waals surface area contributed by atoms with E-state index >= 15 is 0 Å². The van der Waals surface area contributed by atoms with Gasteiger partial charge in [-0.2, -0.15) is 0 Å². The Morgan fingerprint density at radius 1 is 1.05 bits per heavy atom. The number of anilines is 1. The van der Waals surface area contributed by atoms with Crippen LogP contribution in [0.15, 0.2) is 36.7 Å². The van der Waals surface area contributed by atoms with Crippen LogP contribution in [0.5, 0.6) is 17.2 Å². The van der Waals surface area contributed by atoms with Gasteiger partial charge in [0.15, 0.2) is 11.5 Å². The summed E-state index contributed by atoms with van der Waals surface area (Å²) in [4.78, 5) is 4.08. The lowest BCUT2D eigenvalue weighted by Gasteiger charge is -2.15. The number of aromatic nitrogens is 1. The second-order valence-corrected chi connectivity index (χ2v) is 4.13. The first-order valence-corrected chi connectivity index (χ1v) is 6.21. The second kappa shape index (κ2) is 6.65. The largest absolute Gasteiger partial charge is 0.493 e. The Labute approximate surface area is 118 Å². The minimum atomic E-state index is 0.585. The van der Waals surface area contributed by atoms with Gasteiger partial charge in [-0.1, -0.05) is 6.07 Å². The molecular weight excluding hydrogens is 256 g/mol. The van der Waals surface area contributed by atoms with Crippen LogP contribution in [0.25, 0.3) is 0 Å². The van der Waals surface area contributed by atoms with Crippen LogP contribution in [0.4, 0.5) is 5.69 Å². The van der Waals surface area contributed by atoms with Crippen molar-refractivity contribution in [3.8, 4) is 17.2 Å². The zero-order valence-corrected chi connectivity index (χ0v) is 11.8. The van der Waals surface area contributed by atoms with Gasteiger partial charge in [0.05, 0.1) is 21.3 Å². The molecule has 1 heterocycles. The average Bonchev–Trinajstić information content (AvgIpc) is 2.52.